The van der Waals surface area contributed by atoms with Crippen LogP contribution in [0.1, 0.15) is 35.4 Å². The molecule has 1 aliphatic rings. The van der Waals surface area contributed by atoms with E-state index in [0.29, 0.717) is 17.9 Å². The Morgan fingerprint density at radius 2 is 2.04 bits per heavy atom. The lowest BCUT2D eigenvalue weighted by molar-refractivity contribution is -0.141. The molecule has 1 N–H and O–H groups in total. The first kappa shape index (κ1) is 18.9. The van der Waals surface area contributed by atoms with Crippen molar-refractivity contribution in [1.82, 2.24) is 15.0 Å². The summed E-state index contributed by atoms with van der Waals surface area (Å²) in [6.45, 7) is 5.00. The van der Waals surface area contributed by atoms with Crippen molar-refractivity contribution in [2.75, 3.05) is 23.3 Å². The summed E-state index contributed by atoms with van der Waals surface area (Å²) in [7, 11) is 0. The van der Waals surface area contributed by atoms with Gasteiger partial charge < -0.3 is 10.2 Å². The number of nitrogens with one attached hydrogen (secondary N) is 1. The van der Waals surface area contributed by atoms with Crippen LogP contribution in [0.3, 0.4) is 0 Å². The molecule has 2 aromatic rings. The van der Waals surface area contributed by atoms with Crippen LogP contribution in [-0.2, 0) is 6.18 Å². The predicted molar refractivity (Wildman–Crippen MR) is 94.3 cm³/mol. The van der Waals surface area contributed by atoms with Crippen molar-refractivity contribution in [1.29, 1.82) is 5.26 Å². The van der Waals surface area contributed by atoms with Crippen molar-refractivity contribution < 1.29 is 13.2 Å². The van der Waals surface area contributed by atoms with Gasteiger partial charge >= 0.3 is 6.18 Å². The van der Waals surface area contributed by atoms with Crippen LogP contribution in [0.5, 0.6) is 0 Å². The zero-order chi connectivity index (χ0) is 19.6. The van der Waals surface area contributed by atoms with Gasteiger partial charge in [-0.1, -0.05) is 0 Å². The van der Waals surface area contributed by atoms with Gasteiger partial charge in [0, 0.05) is 30.9 Å². The fraction of sp³-hybridized carbons (Fsp3) is 0.444. The topological polar surface area (TPSA) is 77.7 Å². The summed E-state index contributed by atoms with van der Waals surface area (Å²) in [5.74, 6) is 0.762. The normalized spacial score (nSPS) is 17.5. The third-order valence-electron chi connectivity index (χ3n) is 4.47. The molecule has 6 nitrogen and oxygen atoms in total. The van der Waals surface area contributed by atoms with Crippen LogP contribution in [0.4, 0.5) is 24.8 Å². The minimum atomic E-state index is -4.51. The number of rotatable bonds is 3. The molecule has 142 valence electrons. The number of nitrogens with zero attached hydrogens (tertiary/aromatic N) is 5. The van der Waals surface area contributed by atoms with Gasteiger partial charge in [-0.05, 0) is 38.3 Å². The second kappa shape index (κ2) is 7.39. The summed E-state index contributed by atoms with van der Waals surface area (Å²) in [4.78, 5) is 13.7. The molecule has 0 amide bonds. The van der Waals surface area contributed by atoms with Gasteiger partial charge in [-0.25, -0.2) is 15.0 Å². The molecule has 0 aliphatic carbocycles. The smallest absolute Gasteiger partial charge is 0.365 e. The zero-order valence-corrected chi connectivity index (χ0v) is 15.0. The molecule has 1 unspecified atom stereocenters. The van der Waals surface area contributed by atoms with Gasteiger partial charge in [-0.15, -0.1) is 0 Å². The third kappa shape index (κ3) is 4.27. The molecular formula is C18H19F3N6. The van der Waals surface area contributed by atoms with Crippen molar-refractivity contribution in [2.45, 2.75) is 38.9 Å². The van der Waals surface area contributed by atoms with Crippen LogP contribution in [0.25, 0.3) is 0 Å². The molecule has 0 aromatic carbocycles. The summed E-state index contributed by atoms with van der Waals surface area (Å²) in [5.41, 5.74) is 1.24. The number of piperidine rings is 1. The molecule has 0 radical (unpaired) electrons. The number of hydrogen-bond donors (Lipinski definition) is 1. The zero-order valence-electron chi connectivity index (χ0n) is 15.0. The van der Waals surface area contributed by atoms with Crippen LogP contribution in [0.2, 0.25) is 0 Å². The number of aryl methyl sites for hydroxylation is 2. The van der Waals surface area contributed by atoms with E-state index < -0.39 is 11.9 Å². The predicted octanol–water partition coefficient (Wildman–Crippen LogP) is 3.46. The van der Waals surface area contributed by atoms with Crippen LogP contribution in [-0.4, -0.2) is 34.1 Å². The van der Waals surface area contributed by atoms with Gasteiger partial charge in [-0.3, -0.25) is 0 Å². The summed E-state index contributed by atoms with van der Waals surface area (Å²) in [5, 5.41) is 12.5. The van der Waals surface area contributed by atoms with Gasteiger partial charge in [0.1, 0.15) is 29.7 Å². The number of aromatic nitrogens is 3. The Morgan fingerprint density at radius 1 is 1.26 bits per heavy atom. The molecule has 1 fully saturated rings. The van der Waals surface area contributed by atoms with Crippen molar-refractivity contribution in [3.8, 4) is 6.07 Å². The number of alkyl halides is 3. The Morgan fingerprint density at radius 3 is 2.74 bits per heavy atom. The van der Waals surface area contributed by atoms with E-state index in [4.69, 9.17) is 0 Å². The van der Waals surface area contributed by atoms with Crippen molar-refractivity contribution >= 4 is 11.6 Å². The number of anilines is 2. The Bertz CT molecular complexity index is 874. The van der Waals surface area contributed by atoms with E-state index in [2.05, 4.69) is 26.3 Å². The lowest BCUT2D eigenvalue weighted by Gasteiger charge is -2.35. The molecule has 27 heavy (non-hydrogen) atoms. The Labute approximate surface area is 155 Å². The van der Waals surface area contributed by atoms with E-state index in [1.165, 1.54) is 0 Å². The first-order valence-electron chi connectivity index (χ1n) is 8.57. The summed E-state index contributed by atoms with van der Waals surface area (Å²) in [6, 6.07) is 4.87. The van der Waals surface area contributed by atoms with Crippen LogP contribution in [0.15, 0.2) is 18.5 Å². The van der Waals surface area contributed by atoms with E-state index in [1.54, 1.807) is 0 Å². The fourth-order valence-corrected chi connectivity index (χ4v) is 3.27. The van der Waals surface area contributed by atoms with E-state index in [0.717, 1.165) is 43.0 Å². The van der Waals surface area contributed by atoms with Crippen molar-refractivity contribution in [3.63, 3.8) is 0 Å². The lowest BCUT2D eigenvalue weighted by Crippen LogP contribution is -2.43. The Balaban J connectivity index is 1.79. The second-order valence-corrected chi connectivity index (χ2v) is 6.61. The van der Waals surface area contributed by atoms with E-state index in [-0.39, 0.29) is 11.9 Å². The molecule has 1 saturated heterocycles. The molecule has 0 spiro atoms. The Hall–Kier alpha value is -2.89. The number of nitriles is 1. The quantitative estimate of drug-likeness (QED) is 0.884. The van der Waals surface area contributed by atoms with E-state index in [9.17, 15) is 18.4 Å². The Kier molecular flexibility index (Phi) is 5.17. The van der Waals surface area contributed by atoms with E-state index in [1.807, 2.05) is 24.8 Å². The number of halogens is 3. The van der Waals surface area contributed by atoms with Crippen LogP contribution in [0, 0.1) is 25.2 Å². The fourth-order valence-electron chi connectivity index (χ4n) is 3.27. The van der Waals surface area contributed by atoms with Gasteiger partial charge in [-0.2, -0.15) is 18.4 Å². The van der Waals surface area contributed by atoms with Crippen LogP contribution >= 0.6 is 0 Å². The van der Waals surface area contributed by atoms with Gasteiger partial charge in [0.05, 0.1) is 5.56 Å². The lowest BCUT2D eigenvalue weighted by atomic mass is 10.0. The van der Waals surface area contributed by atoms with Crippen LogP contribution < -0.4 is 10.2 Å². The molecular weight excluding hydrogens is 357 g/mol. The molecule has 1 atom stereocenters. The average molecular weight is 376 g/mol. The maximum absolute atomic E-state index is 12.8. The van der Waals surface area contributed by atoms with Gasteiger partial charge in [0.2, 0.25) is 0 Å². The molecule has 0 saturated carbocycles. The largest absolute Gasteiger partial charge is 0.433 e. The first-order chi connectivity index (χ1) is 12.8. The van der Waals surface area contributed by atoms with Gasteiger partial charge in [0.25, 0.3) is 0 Å². The van der Waals surface area contributed by atoms with E-state index >= 15 is 0 Å². The molecule has 3 rings (SSSR count). The maximum Gasteiger partial charge on any atom is 0.433 e. The monoisotopic (exact) mass is 376 g/mol. The third-order valence-corrected chi connectivity index (χ3v) is 4.47. The van der Waals surface area contributed by atoms with Gasteiger partial charge in [0.15, 0.2) is 0 Å². The number of pyridine rings is 1. The standard InChI is InChI=1S/C18H19F3N6/c1-11-6-12(2)25-17(14(11)8-22)27-5-3-4-13(9-27)26-16-7-15(18(19,20)21)23-10-24-16/h6-7,10,13H,3-5,9H2,1-2H3,(H,23,24,26). The average Bonchev–Trinajstić information content (AvgIpc) is 2.61. The molecule has 3 heterocycles. The SMILES string of the molecule is Cc1cc(C)c(C#N)c(N2CCCC(Nc3cc(C(F)(F)F)ncn3)C2)n1. The number of hydrogen-bond acceptors (Lipinski definition) is 6. The highest BCUT2D eigenvalue weighted by atomic mass is 19.4. The molecule has 2 aromatic heterocycles. The van der Waals surface area contributed by atoms with Crippen molar-refractivity contribution in [3.05, 3.63) is 41.0 Å². The van der Waals surface area contributed by atoms with Crippen molar-refractivity contribution in [2.24, 2.45) is 0 Å². The minimum absolute atomic E-state index is 0.108. The highest BCUT2D eigenvalue weighted by molar-refractivity contribution is 5.58. The summed E-state index contributed by atoms with van der Waals surface area (Å²) >= 11 is 0. The maximum atomic E-state index is 12.8. The highest BCUT2D eigenvalue weighted by Gasteiger charge is 2.33. The summed E-state index contributed by atoms with van der Waals surface area (Å²) in [6.07, 6.45) is -1.99. The first-order valence-corrected chi connectivity index (χ1v) is 8.57. The highest BCUT2D eigenvalue weighted by Crippen LogP contribution is 2.29. The molecule has 9 heteroatoms. The molecule has 1 aliphatic heterocycles. The minimum Gasteiger partial charge on any atom is -0.365 e. The summed E-state index contributed by atoms with van der Waals surface area (Å²) < 4.78 is 38.5. The molecule has 0 bridgehead atoms. The second-order valence-electron chi connectivity index (χ2n) is 6.61.